The topological polar surface area (TPSA) is 66.5 Å². The van der Waals surface area contributed by atoms with E-state index in [2.05, 4.69) is 26.1 Å². The molecule has 0 spiro atoms. The summed E-state index contributed by atoms with van der Waals surface area (Å²) in [5.41, 5.74) is 2.97. The summed E-state index contributed by atoms with van der Waals surface area (Å²) >= 11 is 0. The number of urea groups is 1. The van der Waals surface area contributed by atoms with Crippen LogP contribution in [0.15, 0.2) is 42.5 Å². The fourth-order valence-corrected chi connectivity index (χ4v) is 3.60. The Morgan fingerprint density at radius 1 is 1.03 bits per heavy atom. The summed E-state index contributed by atoms with van der Waals surface area (Å²) in [6.45, 7) is 11.5. The van der Waals surface area contributed by atoms with Gasteiger partial charge in [-0.25, -0.2) is 4.79 Å². The van der Waals surface area contributed by atoms with E-state index in [4.69, 9.17) is 0 Å². The summed E-state index contributed by atoms with van der Waals surface area (Å²) in [6, 6.07) is 12.7. The standard InChI is InChI=1S/C24H28N2O3/c1-15-7-8-16(2)19(13-15)20(27)14-26-21(28)24(6,25-22(26)29)18-11-9-17(10-12-18)23(3,4)5/h7-13H,14H2,1-6H3,(H,25,29). The van der Waals surface area contributed by atoms with Gasteiger partial charge in [-0.3, -0.25) is 14.5 Å². The quantitative estimate of drug-likeness (QED) is 0.625. The van der Waals surface area contributed by atoms with Gasteiger partial charge in [0.2, 0.25) is 0 Å². The SMILES string of the molecule is Cc1ccc(C)c(C(=O)CN2C(=O)NC(C)(c3ccc(C(C)(C)C)cc3)C2=O)c1. The maximum Gasteiger partial charge on any atom is 0.325 e. The zero-order valence-corrected chi connectivity index (χ0v) is 17.9. The zero-order valence-electron chi connectivity index (χ0n) is 17.9. The van der Waals surface area contributed by atoms with Gasteiger partial charge in [0.15, 0.2) is 5.78 Å². The molecule has 2 aromatic rings. The highest BCUT2D eigenvalue weighted by atomic mass is 16.2. The van der Waals surface area contributed by atoms with Crippen molar-refractivity contribution >= 4 is 17.7 Å². The van der Waals surface area contributed by atoms with Gasteiger partial charge in [0.05, 0.1) is 6.54 Å². The molecule has 0 radical (unpaired) electrons. The Morgan fingerprint density at radius 3 is 2.24 bits per heavy atom. The van der Waals surface area contributed by atoms with Gasteiger partial charge >= 0.3 is 6.03 Å². The van der Waals surface area contributed by atoms with Gasteiger partial charge in [0, 0.05) is 5.56 Å². The van der Waals surface area contributed by atoms with Crippen molar-refractivity contribution in [2.24, 2.45) is 0 Å². The Labute approximate surface area is 172 Å². The molecule has 1 N–H and O–H groups in total. The Kier molecular flexibility index (Phi) is 5.11. The minimum absolute atomic E-state index is 0.00744. The lowest BCUT2D eigenvalue weighted by Gasteiger charge is -2.24. The first-order valence-corrected chi connectivity index (χ1v) is 9.79. The average Bonchev–Trinajstić information content (AvgIpc) is 2.87. The first kappa shape index (κ1) is 20.8. The zero-order chi connectivity index (χ0) is 21.6. The van der Waals surface area contributed by atoms with Crippen LogP contribution in [0.5, 0.6) is 0 Å². The van der Waals surface area contributed by atoms with Crippen LogP contribution in [0.4, 0.5) is 4.79 Å². The van der Waals surface area contributed by atoms with Crippen LogP contribution in [-0.2, 0) is 15.7 Å². The number of imide groups is 1. The molecule has 3 amide bonds. The molecule has 1 atom stereocenters. The Balaban J connectivity index is 1.85. The van der Waals surface area contributed by atoms with Crippen molar-refractivity contribution in [2.75, 3.05) is 6.54 Å². The second-order valence-corrected chi connectivity index (χ2v) is 9.02. The molecule has 0 saturated carbocycles. The number of carbonyl (C=O) groups is 3. The van der Waals surface area contributed by atoms with Gasteiger partial charge in [-0.2, -0.15) is 0 Å². The van der Waals surface area contributed by atoms with Crippen molar-refractivity contribution in [3.8, 4) is 0 Å². The van der Waals surface area contributed by atoms with Crippen LogP contribution in [0.2, 0.25) is 0 Å². The summed E-state index contributed by atoms with van der Waals surface area (Å²) in [6.07, 6.45) is 0. The molecule has 2 aromatic carbocycles. The summed E-state index contributed by atoms with van der Waals surface area (Å²) in [5, 5.41) is 2.77. The van der Waals surface area contributed by atoms with Gasteiger partial charge in [0.25, 0.3) is 5.91 Å². The fraction of sp³-hybridized carbons (Fsp3) is 0.375. The minimum atomic E-state index is -1.19. The van der Waals surface area contributed by atoms with Crippen molar-refractivity contribution in [1.82, 2.24) is 10.2 Å². The molecule has 29 heavy (non-hydrogen) atoms. The molecule has 3 rings (SSSR count). The van der Waals surface area contributed by atoms with Crippen molar-refractivity contribution in [2.45, 2.75) is 52.5 Å². The van der Waals surface area contributed by atoms with E-state index >= 15 is 0 Å². The number of aryl methyl sites for hydroxylation is 2. The largest absolute Gasteiger partial charge is 0.325 e. The van der Waals surface area contributed by atoms with Crippen molar-refractivity contribution in [3.63, 3.8) is 0 Å². The molecule has 1 unspecified atom stereocenters. The number of Topliss-reactive ketones (excluding diaryl/α,β-unsaturated/α-hetero) is 1. The summed E-state index contributed by atoms with van der Waals surface area (Å²) in [4.78, 5) is 39.5. The lowest BCUT2D eigenvalue weighted by molar-refractivity contribution is -0.130. The molecule has 0 aromatic heterocycles. The molecule has 1 aliphatic rings. The van der Waals surface area contributed by atoms with Crippen LogP contribution in [0.3, 0.4) is 0 Å². The molecule has 0 aliphatic carbocycles. The Bertz CT molecular complexity index is 986. The van der Waals surface area contributed by atoms with Gasteiger partial charge < -0.3 is 5.32 Å². The second-order valence-electron chi connectivity index (χ2n) is 9.02. The third-order valence-corrected chi connectivity index (χ3v) is 5.60. The van der Waals surface area contributed by atoms with E-state index in [1.54, 1.807) is 13.0 Å². The Hall–Kier alpha value is -2.95. The summed E-state index contributed by atoms with van der Waals surface area (Å²) in [7, 11) is 0. The van der Waals surface area contributed by atoms with E-state index in [-0.39, 0.29) is 17.7 Å². The molecule has 1 saturated heterocycles. The molecule has 0 bridgehead atoms. The van der Waals surface area contributed by atoms with Crippen LogP contribution in [0.1, 0.15) is 60.3 Å². The lowest BCUT2D eigenvalue weighted by Crippen LogP contribution is -2.41. The molecule has 1 aliphatic heterocycles. The number of hydrogen-bond acceptors (Lipinski definition) is 3. The van der Waals surface area contributed by atoms with Crippen LogP contribution >= 0.6 is 0 Å². The summed E-state index contributed by atoms with van der Waals surface area (Å²) in [5.74, 6) is -0.660. The minimum Gasteiger partial charge on any atom is -0.319 e. The van der Waals surface area contributed by atoms with Gasteiger partial charge in [-0.15, -0.1) is 0 Å². The van der Waals surface area contributed by atoms with Crippen LogP contribution in [0.25, 0.3) is 0 Å². The monoisotopic (exact) mass is 392 g/mol. The van der Waals surface area contributed by atoms with E-state index in [0.717, 1.165) is 21.6 Å². The molecule has 1 heterocycles. The highest BCUT2D eigenvalue weighted by Gasteiger charge is 2.49. The lowest BCUT2D eigenvalue weighted by atomic mass is 9.84. The fourth-order valence-electron chi connectivity index (χ4n) is 3.60. The number of hydrogen-bond donors (Lipinski definition) is 1. The predicted molar refractivity (Wildman–Crippen MR) is 113 cm³/mol. The molecule has 5 nitrogen and oxygen atoms in total. The van der Waals surface area contributed by atoms with Gasteiger partial charge in [0.1, 0.15) is 5.54 Å². The number of nitrogens with one attached hydrogen (secondary N) is 1. The van der Waals surface area contributed by atoms with Crippen molar-refractivity contribution in [1.29, 1.82) is 0 Å². The predicted octanol–water partition coefficient (Wildman–Crippen LogP) is 4.25. The highest BCUT2D eigenvalue weighted by molar-refractivity contribution is 6.11. The van der Waals surface area contributed by atoms with Crippen LogP contribution in [-0.4, -0.2) is 29.2 Å². The number of rotatable bonds is 4. The molecular weight excluding hydrogens is 364 g/mol. The van der Waals surface area contributed by atoms with E-state index < -0.39 is 17.5 Å². The first-order valence-electron chi connectivity index (χ1n) is 9.79. The van der Waals surface area contributed by atoms with Crippen molar-refractivity contribution in [3.05, 3.63) is 70.3 Å². The van der Waals surface area contributed by atoms with E-state index in [9.17, 15) is 14.4 Å². The van der Waals surface area contributed by atoms with Crippen LogP contribution in [0, 0.1) is 13.8 Å². The van der Waals surface area contributed by atoms with Crippen molar-refractivity contribution < 1.29 is 14.4 Å². The number of benzene rings is 2. The molecule has 5 heteroatoms. The van der Waals surface area contributed by atoms with Crippen LogP contribution < -0.4 is 5.32 Å². The van der Waals surface area contributed by atoms with E-state index in [0.29, 0.717) is 11.1 Å². The second kappa shape index (κ2) is 7.14. The van der Waals surface area contributed by atoms with Gasteiger partial charge in [-0.05, 0) is 48.9 Å². The van der Waals surface area contributed by atoms with Gasteiger partial charge in [-0.1, -0.05) is 62.7 Å². The maximum absolute atomic E-state index is 13.1. The average molecular weight is 392 g/mol. The third kappa shape index (κ3) is 3.82. The Morgan fingerprint density at radius 2 is 1.66 bits per heavy atom. The first-order chi connectivity index (χ1) is 13.4. The number of carbonyl (C=O) groups excluding carboxylic acids is 3. The smallest absolute Gasteiger partial charge is 0.319 e. The highest BCUT2D eigenvalue weighted by Crippen LogP contribution is 2.31. The third-order valence-electron chi connectivity index (χ3n) is 5.60. The van der Waals surface area contributed by atoms with E-state index in [1.807, 2.05) is 50.2 Å². The van der Waals surface area contributed by atoms with E-state index in [1.165, 1.54) is 0 Å². The molecule has 152 valence electrons. The number of nitrogens with zero attached hydrogens (tertiary/aromatic N) is 1. The normalized spacial score (nSPS) is 19.4. The maximum atomic E-state index is 13.1. The number of ketones is 1. The number of amides is 3. The molecular formula is C24H28N2O3. The summed E-state index contributed by atoms with van der Waals surface area (Å²) < 4.78 is 0. The molecule has 1 fully saturated rings.